The van der Waals surface area contributed by atoms with Crippen molar-refractivity contribution >= 4 is 5.97 Å². The number of aromatic nitrogens is 1. The van der Waals surface area contributed by atoms with Crippen molar-refractivity contribution < 1.29 is 9.53 Å². The molecule has 0 aliphatic rings. The van der Waals surface area contributed by atoms with Crippen LogP contribution in [0.15, 0.2) is 18.3 Å². The summed E-state index contributed by atoms with van der Waals surface area (Å²) in [4.78, 5) is 11.1. The van der Waals surface area contributed by atoms with Gasteiger partial charge in [-0.25, -0.2) is 0 Å². The molecule has 4 nitrogen and oxygen atoms in total. The molecule has 0 N–H and O–H groups in total. The maximum absolute atomic E-state index is 11.1. The molecule has 0 radical (unpaired) electrons. The summed E-state index contributed by atoms with van der Waals surface area (Å²) in [5.41, 5.74) is 0.690. The third-order valence-electron chi connectivity index (χ3n) is 2.53. The SMILES string of the molecule is CCOC(=O)CCCCCn1cccc1C#N. The predicted molar refractivity (Wildman–Crippen MR) is 64.2 cm³/mol. The van der Waals surface area contributed by atoms with Gasteiger partial charge in [-0.05, 0) is 31.9 Å². The second-order valence-corrected chi connectivity index (χ2v) is 3.81. The van der Waals surface area contributed by atoms with E-state index in [1.165, 1.54) is 0 Å². The highest BCUT2D eigenvalue weighted by Gasteiger charge is 2.02. The van der Waals surface area contributed by atoms with E-state index in [9.17, 15) is 4.79 Å². The van der Waals surface area contributed by atoms with Crippen molar-refractivity contribution in [3.05, 3.63) is 24.0 Å². The molecule has 17 heavy (non-hydrogen) atoms. The summed E-state index contributed by atoms with van der Waals surface area (Å²) >= 11 is 0. The maximum atomic E-state index is 11.1. The summed E-state index contributed by atoms with van der Waals surface area (Å²) in [6.45, 7) is 3.10. The lowest BCUT2D eigenvalue weighted by Crippen LogP contribution is -2.04. The highest BCUT2D eigenvalue weighted by atomic mass is 16.5. The standard InChI is InChI=1S/C13H18N2O2/c1-2-17-13(16)8-4-3-5-9-15-10-6-7-12(15)11-14/h6-7,10H,2-5,8-9H2,1H3. The molecule has 0 aliphatic heterocycles. The molecule has 0 saturated heterocycles. The summed E-state index contributed by atoms with van der Waals surface area (Å²) in [6, 6.07) is 5.82. The first kappa shape index (κ1) is 13.3. The average molecular weight is 234 g/mol. The van der Waals surface area contributed by atoms with E-state index >= 15 is 0 Å². The molecule has 0 spiro atoms. The van der Waals surface area contributed by atoms with Gasteiger partial charge in [-0.15, -0.1) is 0 Å². The molecule has 1 rings (SSSR count). The van der Waals surface area contributed by atoms with Gasteiger partial charge in [-0.1, -0.05) is 6.42 Å². The summed E-state index contributed by atoms with van der Waals surface area (Å²) in [6.07, 6.45) is 5.20. The van der Waals surface area contributed by atoms with Crippen molar-refractivity contribution in [2.24, 2.45) is 0 Å². The van der Waals surface area contributed by atoms with Gasteiger partial charge < -0.3 is 9.30 Å². The molecule has 1 aromatic heterocycles. The fourth-order valence-corrected chi connectivity index (χ4v) is 1.67. The fourth-order valence-electron chi connectivity index (χ4n) is 1.67. The molecular weight excluding hydrogens is 216 g/mol. The molecule has 1 heterocycles. The van der Waals surface area contributed by atoms with Crippen molar-refractivity contribution in [2.45, 2.75) is 39.2 Å². The number of hydrogen-bond donors (Lipinski definition) is 0. The number of nitriles is 1. The number of nitrogens with zero attached hydrogens (tertiary/aromatic N) is 2. The van der Waals surface area contributed by atoms with Crippen LogP contribution in [0.2, 0.25) is 0 Å². The molecular formula is C13H18N2O2. The Morgan fingerprint density at radius 1 is 1.47 bits per heavy atom. The van der Waals surface area contributed by atoms with Gasteiger partial charge in [0.05, 0.1) is 6.61 Å². The molecule has 0 unspecified atom stereocenters. The second kappa shape index (κ2) is 7.50. The molecule has 0 aliphatic carbocycles. The Hall–Kier alpha value is -1.76. The van der Waals surface area contributed by atoms with Crippen LogP contribution in [0.3, 0.4) is 0 Å². The van der Waals surface area contributed by atoms with Gasteiger partial charge in [0.25, 0.3) is 0 Å². The van der Waals surface area contributed by atoms with E-state index in [0.29, 0.717) is 18.7 Å². The van der Waals surface area contributed by atoms with Crippen molar-refractivity contribution in [3.63, 3.8) is 0 Å². The minimum atomic E-state index is -0.119. The van der Waals surface area contributed by atoms with E-state index in [2.05, 4.69) is 6.07 Å². The van der Waals surface area contributed by atoms with Crippen LogP contribution in [0.25, 0.3) is 0 Å². The number of aryl methyl sites for hydroxylation is 1. The first-order valence-electron chi connectivity index (χ1n) is 5.98. The molecule has 92 valence electrons. The minimum Gasteiger partial charge on any atom is -0.466 e. The minimum absolute atomic E-state index is 0.119. The Kier molecular flexibility index (Phi) is 5.87. The van der Waals surface area contributed by atoms with Crippen LogP contribution in [-0.4, -0.2) is 17.1 Å². The quantitative estimate of drug-likeness (QED) is 0.538. The van der Waals surface area contributed by atoms with Crippen molar-refractivity contribution in [2.75, 3.05) is 6.61 Å². The fraction of sp³-hybridized carbons (Fsp3) is 0.538. The third kappa shape index (κ3) is 4.73. The topological polar surface area (TPSA) is 55.0 Å². The zero-order valence-electron chi connectivity index (χ0n) is 10.2. The molecule has 0 atom stereocenters. The Bertz CT molecular complexity index is 390. The van der Waals surface area contributed by atoms with Gasteiger partial charge in [0.1, 0.15) is 11.8 Å². The monoisotopic (exact) mass is 234 g/mol. The molecule has 0 aromatic carbocycles. The first-order chi connectivity index (χ1) is 8.27. The van der Waals surface area contributed by atoms with Crippen LogP contribution in [0, 0.1) is 11.3 Å². The van der Waals surface area contributed by atoms with E-state index in [1.807, 2.05) is 23.8 Å². The summed E-state index contributed by atoms with van der Waals surface area (Å²) in [5, 5.41) is 8.81. The number of esters is 1. The van der Waals surface area contributed by atoms with Crippen LogP contribution in [0.1, 0.15) is 38.3 Å². The molecule has 0 fully saturated rings. The van der Waals surface area contributed by atoms with Gasteiger partial charge in [-0.2, -0.15) is 5.26 Å². The zero-order valence-corrected chi connectivity index (χ0v) is 10.2. The van der Waals surface area contributed by atoms with Gasteiger partial charge in [0.2, 0.25) is 0 Å². The highest BCUT2D eigenvalue weighted by molar-refractivity contribution is 5.69. The van der Waals surface area contributed by atoms with E-state index < -0.39 is 0 Å². The molecule has 0 saturated carbocycles. The van der Waals surface area contributed by atoms with E-state index in [-0.39, 0.29) is 5.97 Å². The lowest BCUT2D eigenvalue weighted by Gasteiger charge is -2.04. The third-order valence-corrected chi connectivity index (χ3v) is 2.53. The summed E-state index contributed by atoms with van der Waals surface area (Å²) < 4.78 is 6.78. The number of rotatable bonds is 7. The maximum Gasteiger partial charge on any atom is 0.305 e. The summed E-state index contributed by atoms with van der Waals surface area (Å²) in [7, 11) is 0. The molecule has 1 aromatic rings. The molecule has 0 bridgehead atoms. The van der Waals surface area contributed by atoms with Crippen LogP contribution in [0.4, 0.5) is 0 Å². The van der Waals surface area contributed by atoms with Crippen molar-refractivity contribution in [1.29, 1.82) is 5.26 Å². The summed E-state index contributed by atoms with van der Waals surface area (Å²) in [5.74, 6) is -0.119. The van der Waals surface area contributed by atoms with Crippen LogP contribution in [0.5, 0.6) is 0 Å². The van der Waals surface area contributed by atoms with E-state index in [4.69, 9.17) is 10.00 Å². The lowest BCUT2D eigenvalue weighted by atomic mass is 10.2. The van der Waals surface area contributed by atoms with Crippen molar-refractivity contribution in [3.8, 4) is 6.07 Å². The number of unbranched alkanes of at least 4 members (excludes halogenated alkanes) is 2. The highest BCUT2D eigenvalue weighted by Crippen LogP contribution is 2.06. The molecule has 4 heteroatoms. The van der Waals surface area contributed by atoms with Crippen molar-refractivity contribution in [1.82, 2.24) is 4.57 Å². The Balaban J connectivity index is 2.13. The van der Waals surface area contributed by atoms with Gasteiger partial charge in [-0.3, -0.25) is 4.79 Å². The van der Waals surface area contributed by atoms with Crippen LogP contribution < -0.4 is 0 Å². The molecule has 0 amide bonds. The Morgan fingerprint density at radius 2 is 2.29 bits per heavy atom. The average Bonchev–Trinajstić information content (AvgIpc) is 2.76. The largest absolute Gasteiger partial charge is 0.466 e. The number of carbonyl (C=O) groups is 1. The Labute approximate surface area is 102 Å². The second-order valence-electron chi connectivity index (χ2n) is 3.81. The number of ether oxygens (including phenoxy) is 1. The number of carbonyl (C=O) groups excluding carboxylic acids is 1. The predicted octanol–water partition coefficient (Wildman–Crippen LogP) is 2.48. The smallest absolute Gasteiger partial charge is 0.305 e. The van der Waals surface area contributed by atoms with Crippen LogP contribution >= 0.6 is 0 Å². The van der Waals surface area contributed by atoms with E-state index in [1.54, 1.807) is 6.07 Å². The number of hydrogen-bond acceptors (Lipinski definition) is 3. The Morgan fingerprint density at radius 3 is 3.00 bits per heavy atom. The van der Waals surface area contributed by atoms with Gasteiger partial charge in [0.15, 0.2) is 0 Å². The lowest BCUT2D eigenvalue weighted by molar-refractivity contribution is -0.143. The first-order valence-corrected chi connectivity index (χ1v) is 5.98. The van der Waals surface area contributed by atoms with Crippen LogP contribution in [-0.2, 0) is 16.1 Å². The zero-order chi connectivity index (χ0) is 12.5. The van der Waals surface area contributed by atoms with E-state index in [0.717, 1.165) is 25.8 Å². The normalized spacial score (nSPS) is 9.88. The van der Waals surface area contributed by atoms with Gasteiger partial charge >= 0.3 is 5.97 Å². The van der Waals surface area contributed by atoms with Gasteiger partial charge in [0, 0.05) is 19.2 Å².